The Balaban J connectivity index is 2.09. The van der Waals surface area contributed by atoms with Crippen molar-refractivity contribution in [2.24, 2.45) is 11.8 Å². The molecule has 1 fully saturated rings. The van der Waals surface area contributed by atoms with E-state index in [1.807, 2.05) is 11.5 Å². The second-order valence-corrected chi connectivity index (χ2v) is 3.54. The van der Waals surface area contributed by atoms with Gasteiger partial charge in [-0.2, -0.15) is 0 Å². The summed E-state index contributed by atoms with van der Waals surface area (Å²) in [6, 6.07) is 0. The van der Waals surface area contributed by atoms with Crippen LogP contribution in [0.25, 0.3) is 0 Å². The zero-order valence-electron chi connectivity index (χ0n) is 5.04. The molecular weight excluding hydrogens is 132 g/mol. The van der Waals surface area contributed by atoms with Crippen molar-refractivity contribution in [2.75, 3.05) is 0 Å². The van der Waals surface area contributed by atoms with Gasteiger partial charge in [0.15, 0.2) is 5.12 Å². The van der Waals surface area contributed by atoms with Crippen molar-refractivity contribution in [1.29, 1.82) is 0 Å². The molecule has 0 amide bonds. The summed E-state index contributed by atoms with van der Waals surface area (Å²) < 4.78 is 0. The topological polar surface area (TPSA) is 17.1 Å². The Kier molecular flexibility index (Phi) is 1.15. The average Bonchev–Trinajstić information content (AvgIpc) is 2.58. The molecule has 2 rings (SSSR count). The Morgan fingerprint density at radius 3 is 2.78 bits per heavy atom. The highest BCUT2D eigenvalue weighted by Gasteiger charge is 2.36. The molecule has 48 valence electrons. The van der Waals surface area contributed by atoms with E-state index in [-0.39, 0.29) is 5.92 Å². The molecule has 0 aromatic carbocycles. The Labute approximate surface area is 58.5 Å². The molecule has 1 nitrogen and oxygen atoms in total. The summed E-state index contributed by atoms with van der Waals surface area (Å²) in [4.78, 5) is 11.0. The van der Waals surface area contributed by atoms with Gasteiger partial charge in [-0.1, -0.05) is 17.8 Å². The van der Waals surface area contributed by atoms with Gasteiger partial charge in [-0.25, -0.2) is 0 Å². The van der Waals surface area contributed by atoms with E-state index in [1.165, 1.54) is 24.6 Å². The summed E-state index contributed by atoms with van der Waals surface area (Å²) in [5, 5.41) is 2.28. The Bertz CT molecular complexity index is 170. The Morgan fingerprint density at radius 2 is 2.33 bits per heavy atom. The minimum atomic E-state index is 0.287. The highest BCUT2D eigenvalue weighted by atomic mass is 32.2. The van der Waals surface area contributed by atoms with Crippen LogP contribution in [-0.4, -0.2) is 5.12 Å². The molecule has 1 aliphatic carbocycles. The van der Waals surface area contributed by atoms with Crippen molar-refractivity contribution in [3.8, 4) is 0 Å². The number of carbonyl (C=O) groups is 1. The number of hydrogen-bond donors (Lipinski definition) is 0. The second kappa shape index (κ2) is 1.87. The molecule has 0 radical (unpaired) electrons. The minimum Gasteiger partial charge on any atom is -0.286 e. The number of carbonyl (C=O) groups excluding carboxylic acids is 1. The summed E-state index contributed by atoms with van der Waals surface area (Å²) in [5.74, 6) is 0.999. The monoisotopic (exact) mass is 140 g/mol. The van der Waals surface area contributed by atoms with Crippen LogP contribution in [0.2, 0.25) is 0 Å². The van der Waals surface area contributed by atoms with Gasteiger partial charge >= 0.3 is 0 Å². The summed E-state index contributed by atoms with van der Waals surface area (Å²) in [6.45, 7) is 0. The van der Waals surface area contributed by atoms with Crippen LogP contribution in [0.3, 0.4) is 0 Å². The van der Waals surface area contributed by atoms with E-state index in [0.717, 1.165) is 0 Å². The predicted octanol–water partition coefficient (Wildman–Crippen LogP) is 1.80. The molecule has 1 aliphatic heterocycles. The Hall–Kier alpha value is -0.240. The van der Waals surface area contributed by atoms with Crippen molar-refractivity contribution >= 4 is 16.9 Å². The van der Waals surface area contributed by atoms with Gasteiger partial charge in [0, 0.05) is 0 Å². The van der Waals surface area contributed by atoms with Gasteiger partial charge in [0.2, 0.25) is 0 Å². The quantitative estimate of drug-likeness (QED) is 0.552. The summed E-state index contributed by atoms with van der Waals surface area (Å²) >= 11 is 1.35. The maximum atomic E-state index is 11.0. The molecule has 2 aliphatic rings. The molecule has 1 atom stereocenters. The van der Waals surface area contributed by atoms with Crippen LogP contribution in [0.4, 0.5) is 0 Å². The predicted molar refractivity (Wildman–Crippen MR) is 38.0 cm³/mol. The van der Waals surface area contributed by atoms with Crippen LogP contribution in [0.1, 0.15) is 12.8 Å². The molecule has 9 heavy (non-hydrogen) atoms. The summed E-state index contributed by atoms with van der Waals surface area (Å²) in [7, 11) is 0. The highest BCUT2D eigenvalue weighted by Crippen LogP contribution is 2.42. The molecule has 1 heterocycles. The van der Waals surface area contributed by atoms with Gasteiger partial charge in [0.25, 0.3) is 0 Å². The minimum absolute atomic E-state index is 0.287. The smallest absolute Gasteiger partial charge is 0.200 e. The molecular formula is C7H8OS. The average molecular weight is 140 g/mol. The van der Waals surface area contributed by atoms with E-state index in [0.29, 0.717) is 11.0 Å². The van der Waals surface area contributed by atoms with E-state index in [9.17, 15) is 4.79 Å². The first-order valence-corrected chi connectivity index (χ1v) is 4.13. The molecule has 0 aromatic heterocycles. The number of hydrogen-bond acceptors (Lipinski definition) is 2. The second-order valence-electron chi connectivity index (χ2n) is 2.63. The molecule has 0 aromatic rings. The van der Waals surface area contributed by atoms with Crippen molar-refractivity contribution < 1.29 is 4.79 Å². The number of thioether (sulfide) groups is 1. The van der Waals surface area contributed by atoms with Crippen molar-refractivity contribution in [1.82, 2.24) is 0 Å². The lowest BCUT2D eigenvalue weighted by Crippen LogP contribution is -2.04. The van der Waals surface area contributed by atoms with E-state index in [1.54, 1.807) is 0 Å². The van der Waals surface area contributed by atoms with Gasteiger partial charge in [-0.15, -0.1) is 0 Å². The maximum Gasteiger partial charge on any atom is 0.200 e. The normalized spacial score (nSPS) is 33.8. The largest absolute Gasteiger partial charge is 0.286 e. The fourth-order valence-electron chi connectivity index (χ4n) is 1.15. The molecule has 0 spiro atoms. The van der Waals surface area contributed by atoms with Gasteiger partial charge in [-0.05, 0) is 24.2 Å². The van der Waals surface area contributed by atoms with Crippen LogP contribution >= 0.6 is 11.8 Å². The lowest BCUT2D eigenvalue weighted by atomic mass is 10.1. The summed E-state index contributed by atoms with van der Waals surface area (Å²) in [6.07, 6.45) is 4.58. The lowest BCUT2D eigenvalue weighted by molar-refractivity contribution is -0.113. The van der Waals surface area contributed by atoms with Gasteiger partial charge < -0.3 is 0 Å². The third-order valence-electron chi connectivity index (χ3n) is 1.87. The molecule has 1 saturated carbocycles. The fraction of sp³-hybridized carbons (Fsp3) is 0.571. The third kappa shape index (κ3) is 0.917. The Morgan fingerprint density at radius 1 is 1.56 bits per heavy atom. The number of allylic oxidation sites excluding steroid dienone is 1. The van der Waals surface area contributed by atoms with Gasteiger partial charge in [0.1, 0.15) is 0 Å². The highest BCUT2D eigenvalue weighted by molar-refractivity contribution is 8.16. The summed E-state index contributed by atoms with van der Waals surface area (Å²) in [5.41, 5.74) is 0. The van der Waals surface area contributed by atoms with Crippen molar-refractivity contribution in [3.63, 3.8) is 0 Å². The maximum absolute atomic E-state index is 11.0. The zero-order valence-corrected chi connectivity index (χ0v) is 5.86. The lowest BCUT2D eigenvalue weighted by Gasteiger charge is -1.98. The molecule has 1 unspecified atom stereocenters. The first-order valence-electron chi connectivity index (χ1n) is 3.25. The van der Waals surface area contributed by atoms with Gasteiger partial charge in [0.05, 0.1) is 5.92 Å². The molecule has 0 N–H and O–H groups in total. The van der Waals surface area contributed by atoms with Crippen LogP contribution in [0, 0.1) is 11.8 Å². The van der Waals surface area contributed by atoms with E-state index in [4.69, 9.17) is 0 Å². The third-order valence-corrected chi connectivity index (χ3v) is 2.67. The standard InChI is InChI=1S/C7H8OS/c8-7-6(3-4-9-7)5-1-2-5/h3-6H,1-2H2. The van der Waals surface area contributed by atoms with Crippen LogP contribution in [0.5, 0.6) is 0 Å². The first-order chi connectivity index (χ1) is 4.38. The van der Waals surface area contributed by atoms with Crippen LogP contribution in [0.15, 0.2) is 11.5 Å². The van der Waals surface area contributed by atoms with Gasteiger partial charge in [-0.3, -0.25) is 4.79 Å². The molecule has 0 saturated heterocycles. The van der Waals surface area contributed by atoms with Crippen LogP contribution in [-0.2, 0) is 4.79 Å². The van der Waals surface area contributed by atoms with Crippen molar-refractivity contribution in [2.45, 2.75) is 12.8 Å². The van der Waals surface area contributed by atoms with E-state index >= 15 is 0 Å². The van der Waals surface area contributed by atoms with E-state index < -0.39 is 0 Å². The zero-order chi connectivity index (χ0) is 6.27. The number of rotatable bonds is 1. The SMILES string of the molecule is O=C1SC=CC1C1CC1. The van der Waals surface area contributed by atoms with Crippen molar-refractivity contribution in [3.05, 3.63) is 11.5 Å². The van der Waals surface area contributed by atoms with Crippen LogP contribution < -0.4 is 0 Å². The van der Waals surface area contributed by atoms with E-state index in [2.05, 4.69) is 0 Å². The molecule has 0 bridgehead atoms. The fourth-order valence-corrected chi connectivity index (χ4v) is 1.96. The first kappa shape index (κ1) is 5.54. The molecule has 2 heteroatoms.